The average molecular weight is 433 g/mol. The smallest absolute Gasteiger partial charge is 0.262 e. The molecular weight excluding hydrogens is 412 g/mol. The lowest BCUT2D eigenvalue weighted by Crippen LogP contribution is -2.30. The third-order valence-corrected chi connectivity index (χ3v) is 6.04. The number of sulfonamides is 1. The highest BCUT2D eigenvalue weighted by molar-refractivity contribution is 7.90. The summed E-state index contributed by atoms with van der Waals surface area (Å²) in [5.41, 5.74) is 1.56. The van der Waals surface area contributed by atoms with Crippen molar-refractivity contribution in [3.8, 4) is 11.5 Å². The Bertz CT molecular complexity index is 1070. The van der Waals surface area contributed by atoms with Crippen molar-refractivity contribution in [3.63, 3.8) is 0 Å². The number of nitrogens with one attached hydrogen (secondary N) is 3. The number of nitrogens with zero attached hydrogens (tertiary/aromatic N) is 1. The lowest BCUT2D eigenvalue weighted by molar-refractivity contribution is 0.174. The van der Waals surface area contributed by atoms with Crippen LogP contribution in [0.15, 0.2) is 52.4 Å². The molecule has 2 aliphatic rings. The summed E-state index contributed by atoms with van der Waals surface area (Å²) >= 11 is 5.32. The highest BCUT2D eigenvalue weighted by Gasteiger charge is 2.18. The van der Waals surface area contributed by atoms with Gasteiger partial charge in [0.2, 0.25) is 6.79 Å². The van der Waals surface area contributed by atoms with Crippen molar-refractivity contribution >= 4 is 38.9 Å². The Kier molecular flexibility index (Phi) is 5.54. The predicted molar refractivity (Wildman–Crippen MR) is 114 cm³/mol. The van der Waals surface area contributed by atoms with E-state index in [0.717, 1.165) is 17.7 Å². The zero-order valence-electron chi connectivity index (χ0n) is 15.5. The van der Waals surface area contributed by atoms with Crippen LogP contribution in [0.4, 0.5) is 5.69 Å². The van der Waals surface area contributed by atoms with Crippen LogP contribution in [0.5, 0.6) is 11.5 Å². The lowest BCUT2D eigenvalue weighted by atomic mass is 10.2. The van der Waals surface area contributed by atoms with E-state index in [1.807, 2.05) is 18.2 Å². The first kappa shape index (κ1) is 19.5. The van der Waals surface area contributed by atoms with Gasteiger partial charge in [-0.05, 0) is 54.5 Å². The molecule has 2 aromatic rings. The minimum atomic E-state index is -3.67. The van der Waals surface area contributed by atoms with Crippen LogP contribution in [0.2, 0.25) is 0 Å². The van der Waals surface area contributed by atoms with Crippen LogP contribution < -0.4 is 24.8 Å². The molecule has 0 saturated heterocycles. The van der Waals surface area contributed by atoms with Gasteiger partial charge < -0.3 is 20.1 Å². The van der Waals surface area contributed by atoms with Gasteiger partial charge in [0.15, 0.2) is 16.6 Å². The molecule has 0 fully saturated rings. The molecule has 29 heavy (non-hydrogen) atoms. The molecule has 2 aliphatic heterocycles. The highest BCUT2D eigenvalue weighted by Crippen LogP contribution is 2.32. The van der Waals surface area contributed by atoms with Crippen molar-refractivity contribution in [1.29, 1.82) is 0 Å². The summed E-state index contributed by atoms with van der Waals surface area (Å²) in [5, 5.41) is 6.49. The molecule has 0 amide bonds. The summed E-state index contributed by atoms with van der Waals surface area (Å²) in [4.78, 5) is 4.30. The fourth-order valence-corrected chi connectivity index (χ4v) is 4.31. The second-order valence-electron chi connectivity index (χ2n) is 6.56. The van der Waals surface area contributed by atoms with Crippen LogP contribution in [0.3, 0.4) is 0 Å². The molecule has 4 rings (SSSR count). The number of fused-ring (bicyclic) bond motifs is 1. The summed E-state index contributed by atoms with van der Waals surface area (Å²) in [6, 6.07) is 12.1. The highest BCUT2D eigenvalue weighted by atomic mass is 32.2. The van der Waals surface area contributed by atoms with Gasteiger partial charge >= 0.3 is 0 Å². The normalized spacial score (nSPS) is 15.0. The number of hydrogen-bond acceptors (Lipinski definition) is 6. The predicted octanol–water partition coefficient (Wildman–Crippen LogP) is 2.37. The average Bonchev–Trinajstić information content (AvgIpc) is 3.37. The van der Waals surface area contributed by atoms with E-state index < -0.39 is 10.0 Å². The number of hydrogen-bond donors (Lipinski definition) is 3. The van der Waals surface area contributed by atoms with Gasteiger partial charge in [0.05, 0.1) is 4.90 Å². The van der Waals surface area contributed by atoms with Gasteiger partial charge in [0.25, 0.3) is 10.0 Å². The number of ether oxygens (including phenoxy) is 2. The molecule has 0 bridgehead atoms. The van der Waals surface area contributed by atoms with Crippen LogP contribution in [0.25, 0.3) is 0 Å². The second kappa shape index (κ2) is 8.26. The van der Waals surface area contributed by atoms with E-state index in [2.05, 4.69) is 20.3 Å². The molecule has 0 aromatic heterocycles. The summed E-state index contributed by atoms with van der Waals surface area (Å²) in [6.07, 6.45) is 1.51. The third-order valence-electron chi connectivity index (χ3n) is 4.42. The van der Waals surface area contributed by atoms with Crippen molar-refractivity contribution < 1.29 is 17.9 Å². The summed E-state index contributed by atoms with van der Waals surface area (Å²) in [6.45, 7) is 1.37. The van der Waals surface area contributed by atoms with Crippen LogP contribution >= 0.6 is 12.2 Å². The van der Waals surface area contributed by atoms with E-state index >= 15 is 0 Å². The van der Waals surface area contributed by atoms with Gasteiger partial charge in [0.1, 0.15) is 5.84 Å². The Balaban J connectivity index is 1.36. The largest absolute Gasteiger partial charge is 0.454 e. The van der Waals surface area contributed by atoms with E-state index in [1.54, 1.807) is 12.1 Å². The number of benzene rings is 2. The molecule has 10 heteroatoms. The van der Waals surface area contributed by atoms with Crippen LogP contribution in [-0.4, -0.2) is 32.7 Å². The summed E-state index contributed by atoms with van der Waals surface area (Å²) < 4.78 is 38.3. The first-order chi connectivity index (χ1) is 14.0. The number of anilines is 1. The Morgan fingerprint density at radius 1 is 1.14 bits per heavy atom. The Morgan fingerprint density at radius 3 is 2.83 bits per heavy atom. The molecule has 0 unspecified atom stereocenters. The molecule has 8 nitrogen and oxygen atoms in total. The fraction of sp³-hybridized carbons (Fsp3) is 0.263. The van der Waals surface area contributed by atoms with Crippen molar-refractivity contribution in [2.75, 3.05) is 18.7 Å². The van der Waals surface area contributed by atoms with Gasteiger partial charge in [-0.15, -0.1) is 0 Å². The van der Waals surface area contributed by atoms with E-state index in [4.69, 9.17) is 21.7 Å². The topological polar surface area (TPSA) is 101 Å². The van der Waals surface area contributed by atoms with Gasteiger partial charge in [-0.25, -0.2) is 8.42 Å². The Morgan fingerprint density at radius 2 is 2.00 bits per heavy atom. The van der Waals surface area contributed by atoms with Crippen LogP contribution in [0.1, 0.15) is 18.4 Å². The van der Waals surface area contributed by atoms with Gasteiger partial charge in [-0.3, -0.25) is 9.71 Å². The minimum absolute atomic E-state index is 0.149. The van der Waals surface area contributed by atoms with Gasteiger partial charge in [0, 0.05) is 25.2 Å². The molecule has 0 atom stereocenters. The monoisotopic (exact) mass is 432 g/mol. The first-order valence-electron chi connectivity index (χ1n) is 9.09. The molecule has 0 spiro atoms. The molecule has 2 aromatic carbocycles. The SMILES string of the molecule is O=S(=O)(NC1=NCCC1)c1cccc(NC(=S)NCc2ccc3c(c2)OCO3)c1. The Labute approximate surface area is 174 Å². The number of amidine groups is 1. The van der Waals surface area contributed by atoms with Crippen molar-refractivity contribution in [2.24, 2.45) is 4.99 Å². The maximum Gasteiger partial charge on any atom is 0.262 e. The number of rotatable bonds is 5. The molecular formula is C19H20N4O4S2. The molecule has 0 aliphatic carbocycles. The van der Waals surface area contributed by atoms with Crippen LogP contribution in [0, 0.1) is 0 Å². The number of thiocarbonyl (C=S) groups is 1. The molecule has 0 radical (unpaired) electrons. The molecule has 0 saturated carbocycles. The Hall–Kier alpha value is -2.85. The summed E-state index contributed by atoms with van der Waals surface area (Å²) in [7, 11) is -3.67. The minimum Gasteiger partial charge on any atom is -0.454 e. The molecule has 2 heterocycles. The van der Waals surface area contributed by atoms with Crippen molar-refractivity contribution in [2.45, 2.75) is 24.3 Å². The fourth-order valence-electron chi connectivity index (χ4n) is 2.99. The van der Waals surface area contributed by atoms with Crippen molar-refractivity contribution in [3.05, 3.63) is 48.0 Å². The van der Waals surface area contributed by atoms with E-state index in [-0.39, 0.29) is 11.7 Å². The number of aliphatic imine (C=N–C) groups is 1. The standard InChI is InChI=1S/C19H20N4O4S2/c24-29(25,23-18-5-2-8-20-18)15-4-1-3-14(10-15)22-19(28)21-11-13-6-7-16-17(9-13)27-12-26-16/h1,3-4,6-7,9-10H,2,5,8,11-12H2,(H,20,23)(H2,21,22,28). The zero-order valence-corrected chi connectivity index (χ0v) is 17.1. The van der Waals surface area contributed by atoms with Gasteiger partial charge in [-0.1, -0.05) is 12.1 Å². The maximum atomic E-state index is 12.5. The van der Waals surface area contributed by atoms with E-state index in [1.165, 1.54) is 12.1 Å². The van der Waals surface area contributed by atoms with E-state index in [9.17, 15) is 8.42 Å². The molecule has 3 N–H and O–H groups in total. The first-order valence-corrected chi connectivity index (χ1v) is 11.0. The lowest BCUT2D eigenvalue weighted by Gasteiger charge is -2.13. The van der Waals surface area contributed by atoms with Gasteiger partial charge in [-0.2, -0.15) is 0 Å². The summed E-state index contributed by atoms with van der Waals surface area (Å²) in [5.74, 6) is 1.94. The van der Waals surface area contributed by atoms with E-state index in [0.29, 0.717) is 41.9 Å². The second-order valence-corrected chi connectivity index (χ2v) is 8.65. The molecule has 152 valence electrons. The van der Waals surface area contributed by atoms with Crippen molar-refractivity contribution in [1.82, 2.24) is 10.0 Å². The maximum absolute atomic E-state index is 12.5. The van der Waals surface area contributed by atoms with Crippen LogP contribution in [-0.2, 0) is 16.6 Å². The quantitative estimate of drug-likeness (QED) is 0.624. The third kappa shape index (κ3) is 4.77. The zero-order chi connectivity index (χ0) is 20.3.